The average molecular weight is 365 g/mol. The van der Waals surface area contributed by atoms with Gasteiger partial charge < -0.3 is 4.90 Å². The number of hydrogen-bond donors (Lipinski definition) is 1. The van der Waals surface area contributed by atoms with Crippen molar-refractivity contribution >= 4 is 33.0 Å². The lowest BCUT2D eigenvalue weighted by molar-refractivity contribution is -0.117. The van der Waals surface area contributed by atoms with Gasteiger partial charge >= 0.3 is 0 Å². The number of benzene rings is 1. The molecule has 2 heterocycles. The summed E-state index contributed by atoms with van der Waals surface area (Å²) in [4.78, 5) is 19.0. The first kappa shape index (κ1) is 17.1. The van der Waals surface area contributed by atoms with Gasteiger partial charge in [0.15, 0.2) is 0 Å². The van der Waals surface area contributed by atoms with Crippen LogP contribution in [0.1, 0.15) is 23.2 Å². The maximum absolute atomic E-state index is 12.6. The predicted octanol–water partition coefficient (Wildman–Crippen LogP) is 1.75. The molecule has 1 aliphatic heterocycles. The minimum Gasteiger partial charge on any atom is -0.311 e. The number of amides is 1. The maximum atomic E-state index is 12.6. The maximum Gasteiger partial charge on any atom is 0.240 e. The van der Waals surface area contributed by atoms with Crippen LogP contribution in [-0.4, -0.2) is 32.9 Å². The zero-order chi connectivity index (χ0) is 17.3. The zero-order valence-electron chi connectivity index (χ0n) is 13.6. The number of anilines is 1. The van der Waals surface area contributed by atoms with E-state index in [9.17, 15) is 13.2 Å². The number of thiazole rings is 1. The van der Waals surface area contributed by atoms with E-state index >= 15 is 0 Å². The zero-order valence-corrected chi connectivity index (χ0v) is 15.2. The third-order valence-corrected chi connectivity index (χ3v) is 6.51. The van der Waals surface area contributed by atoms with Gasteiger partial charge in [-0.3, -0.25) is 4.79 Å². The van der Waals surface area contributed by atoms with E-state index < -0.39 is 10.0 Å². The lowest BCUT2D eigenvalue weighted by Crippen LogP contribution is -2.30. The van der Waals surface area contributed by atoms with Crippen LogP contribution in [-0.2, 0) is 34.1 Å². The van der Waals surface area contributed by atoms with Crippen molar-refractivity contribution in [1.29, 1.82) is 0 Å². The van der Waals surface area contributed by atoms with E-state index in [4.69, 9.17) is 0 Å². The van der Waals surface area contributed by atoms with Gasteiger partial charge in [-0.2, -0.15) is 0 Å². The highest BCUT2D eigenvalue weighted by atomic mass is 32.2. The molecule has 128 valence electrons. The van der Waals surface area contributed by atoms with Crippen molar-refractivity contribution < 1.29 is 13.2 Å². The van der Waals surface area contributed by atoms with Crippen molar-refractivity contribution in [1.82, 2.24) is 9.71 Å². The number of rotatable bonds is 5. The Bertz CT molecular complexity index is 874. The van der Waals surface area contributed by atoms with E-state index in [0.717, 1.165) is 28.4 Å². The van der Waals surface area contributed by atoms with Gasteiger partial charge in [0, 0.05) is 17.6 Å². The van der Waals surface area contributed by atoms with E-state index in [1.165, 1.54) is 13.1 Å². The highest BCUT2D eigenvalue weighted by molar-refractivity contribution is 7.89. The first-order valence-corrected chi connectivity index (χ1v) is 10.1. The molecule has 1 N–H and O–H groups in total. The minimum absolute atomic E-state index is 0.00840. The Kier molecular flexibility index (Phi) is 4.71. The Morgan fingerprint density at radius 3 is 2.88 bits per heavy atom. The number of aromatic nitrogens is 1. The fourth-order valence-electron chi connectivity index (χ4n) is 2.77. The van der Waals surface area contributed by atoms with Crippen LogP contribution in [0, 0.1) is 0 Å². The number of carbonyl (C=O) groups is 1. The quantitative estimate of drug-likeness (QED) is 0.875. The highest BCUT2D eigenvalue weighted by Crippen LogP contribution is 2.30. The Morgan fingerprint density at radius 2 is 2.21 bits per heavy atom. The fourth-order valence-corrected chi connectivity index (χ4v) is 4.29. The van der Waals surface area contributed by atoms with E-state index in [2.05, 4.69) is 9.71 Å². The molecule has 0 radical (unpaired) electrons. The molecule has 0 saturated heterocycles. The monoisotopic (exact) mass is 365 g/mol. The molecular weight excluding hydrogens is 346 g/mol. The summed E-state index contributed by atoms with van der Waals surface area (Å²) in [5.41, 5.74) is 2.47. The number of sulfonamides is 1. The summed E-state index contributed by atoms with van der Waals surface area (Å²) < 4.78 is 26.1. The van der Waals surface area contributed by atoms with Crippen molar-refractivity contribution in [3.8, 4) is 0 Å². The average Bonchev–Trinajstić information content (AvgIpc) is 3.20. The minimum atomic E-state index is -3.47. The summed E-state index contributed by atoms with van der Waals surface area (Å²) in [5.74, 6) is -0.00840. The van der Waals surface area contributed by atoms with Crippen molar-refractivity contribution in [3.63, 3.8) is 0 Å². The van der Waals surface area contributed by atoms with Crippen LogP contribution in [0.3, 0.4) is 0 Å². The Labute approximate surface area is 145 Å². The number of carbonyl (C=O) groups excluding carboxylic acids is 1. The molecule has 2 aromatic rings. The topological polar surface area (TPSA) is 79.4 Å². The van der Waals surface area contributed by atoms with Gasteiger partial charge in [0.05, 0.1) is 22.0 Å². The summed E-state index contributed by atoms with van der Waals surface area (Å²) in [5, 5.41) is 2.96. The van der Waals surface area contributed by atoms with E-state index in [0.29, 0.717) is 13.0 Å². The lowest BCUT2D eigenvalue weighted by atomic mass is 10.2. The van der Waals surface area contributed by atoms with Crippen LogP contribution in [0.25, 0.3) is 0 Å². The second-order valence-corrected chi connectivity index (χ2v) is 8.39. The van der Waals surface area contributed by atoms with Crippen molar-refractivity contribution in [3.05, 3.63) is 39.8 Å². The molecule has 0 unspecified atom stereocenters. The first-order chi connectivity index (χ1) is 11.4. The largest absolute Gasteiger partial charge is 0.311 e. The molecule has 0 spiro atoms. The lowest BCUT2D eigenvalue weighted by Gasteiger charge is -2.17. The molecule has 1 amide bonds. The van der Waals surface area contributed by atoms with Crippen LogP contribution in [0.4, 0.5) is 5.69 Å². The van der Waals surface area contributed by atoms with E-state index in [-0.39, 0.29) is 17.2 Å². The van der Waals surface area contributed by atoms with E-state index in [1.54, 1.807) is 28.4 Å². The third kappa shape index (κ3) is 3.22. The Hall–Kier alpha value is -1.77. The van der Waals surface area contributed by atoms with Crippen LogP contribution < -0.4 is 9.62 Å². The summed E-state index contributed by atoms with van der Waals surface area (Å²) in [6, 6.07) is 4.89. The second-order valence-electron chi connectivity index (χ2n) is 5.56. The van der Waals surface area contributed by atoms with Gasteiger partial charge in [0.25, 0.3) is 0 Å². The van der Waals surface area contributed by atoms with E-state index in [1.807, 2.05) is 12.3 Å². The van der Waals surface area contributed by atoms with Gasteiger partial charge in [0.1, 0.15) is 0 Å². The van der Waals surface area contributed by atoms with Gasteiger partial charge in [-0.05, 0) is 43.7 Å². The molecule has 0 saturated carbocycles. The molecule has 0 fully saturated rings. The Balaban J connectivity index is 1.80. The van der Waals surface area contributed by atoms with Crippen molar-refractivity contribution in [2.45, 2.75) is 31.1 Å². The predicted molar refractivity (Wildman–Crippen MR) is 93.9 cm³/mol. The normalized spacial score (nSPS) is 14.0. The molecule has 3 rings (SSSR count). The SMILES string of the molecule is CCc1nc(CC(=O)N2CCc3cc(S(=O)(=O)NC)ccc32)cs1. The molecule has 0 atom stereocenters. The van der Waals surface area contributed by atoms with Crippen LogP contribution in [0.15, 0.2) is 28.5 Å². The molecule has 1 aromatic carbocycles. The molecule has 6 nitrogen and oxygen atoms in total. The summed E-state index contributed by atoms with van der Waals surface area (Å²) in [7, 11) is -2.08. The Morgan fingerprint density at radius 1 is 1.42 bits per heavy atom. The molecular formula is C16H19N3O3S2. The van der Waals surface area contributed by atoms with Gasteiger partial charge in [-0.1, -0.05) is 6.92 Å². The van der Waals surface area contributed by atoms with Crippen LogP contribution in [0.5, 0.6) is 0 Å². The number of aryl methyl sites for hydroxylation is 1. The van der Waals surface area contributed by atoms with Gasteiger partial charge in [0.2, 0.25) is 15.9 Å². The van der Waals surface area contributed by atoms with Crippen LogP contribution in [0.2, 0.25) is 0 Å². The molecule has 8 heteroatoms. The standard InChI is InChI=1S/C16H19N3O3S2/c1-3-15-18-12(10-23-15)9-16(20)19-7-6-11-8-13(4-5-14(11)19)24(21,22)17-2/h4-5,8,10,17H,3,6-7,9H2,1-2H3. The third-order valence-electron chi connectivity index (χ3n) is 4.06. The number of nitrogens with one attached hydrogen (secondary N) is 1. The number of nitrogens with zero attached hydrogens (tertiary/aromatic N) is 2. The van der Waals surface area contributed by atoms with Crippen LogP contribution >= 0.6 is 11.3 Å². The summed E-state index contributed by atoms with van der Waals surface area (Å²) in [6.45, 7) is 2.61. The molecule has 24 heavy (non-hydrogen) atoms. The molecule has 1 aliphatic rings. The second kappa shape index (κ2) is 6.62. The highest BCUT2D eigenvalue weighted by Gasteiger charge is 2.26. The molecule has 1 aromatic heterocycles. The molecule has 0 aliphatic carbocycles. The van der Waals surface area contributed by atoms with Gasteiger partial charge in [-0.15, -0.1) is 11.3 Å². The summed E-state index contributed by atoms with van der Waals surface area (Å²) >= 11 is 1.57. The number of fused-ring (bicyclic) bond motifs is 1. The molecule has 0 bridgehead atoms. The summed E-state index contributed by atoms with van der Waals surface area (Å²) in [6.07, 6.45) is 1.80. The fraction of sp³-hybridized carbons (Fsp3) is 0.375. The van der Waals surface area contributed by atoms with Crippen molar-refractivity contribution in [2.24, 2.45) is 0 Å². The van der Waals surface area contributed by atoms with Crippen molar-refractivity contribution in [2.75, 3.05) is 18.5 Å². The smallest absolute Gasteiger partial charge is 0.240 e. The van der Waals surface area contributed by atoms with Gasteiger partial charge in [-0.25, -0.2) is 18.1 Å². The first-order valence-electron chi connectivity index (χ1n) is 7.74. The number of hydrogen-bond acceptors (Lipinski definition) is 5.